The highest BCUT2D eigenvalue weighted by Gasteiger charge is 2.40. The molecule has 0 unspecified atom stereocenters. The van der Waals surface area contributed by atoms with Crippen LogP contribution >= 0.6 is 0 Å². The molecule has 1 aromatic rings. The third-order valence-corrected chi connectivity index (χ3v) is 4.93. The molecule has 4 nitrogen and oxygen atoms in total. The first kappa shape index (κ1) is 15.4. The molecule has 5 heteroatoms. The van der Waals surface area contributed by atoms with Crippen molar-refractivity contribution in [2.24, 2.45) is 0 Å². The van der Waals surface area contributed by atoms with Gasteiger partial charge in [-0.25, -0.2) is 4.39 Å². The van der Waals surface area contributed by atoms with Crippen molar-refractivity contribution in [3.63, 3.8) is 0 Å². The molecule has 120 valence electrons. The fraction of sp³-hybridized carbons (Fsp3) is 0.588. The topological polar surface area (TPSA) is 44.4 Å². The van der Waals surface area contributed by atoms with Gasteiger partial charge in [-0.3, -0.25) is 9.69 Å². The summed E-state index contributed by atoms with van der Waals surface area (Å²) >= 11 is 0. The minimum atomic E-state index is -0.290. The van der Waals surface area contributed by atoms with E-state index >= 15 is 0 Å². The molecule has 0 atom stereocenters. The first-order valence-corrected chi connectivity index (χ1v) is 8.19. The molecule has 1 heterocycles. The summed E-state index contributed by atoms with van der Waals surface area (Å²) in [5.74, 6) is -0.306. The maximum atomic E-state index is 12.9. The number of carbonyl (C=O) groups is 1. The number of hydrogen-bond acceptors (Lipinski definition) is 3. The molecule has 1 aromatic carbocycles. The summed E-state index contributed by atoms with van der Waals surface area (Å²) < 4.78 is 12.9. The van der Waals surface area contributed by atoms with Crippen LogP contribution in [0.25, 0.3) is 0 Å². The summed E-state index contributed by atoms with van der Waals surface area (Å²) in [4.78, 5) is 14.7. The highest BCUT2D eigenvalue weighted by Crippen LogP contribution is 2.34. The van der Waals surface area contributed by atoms with Gasteiger partial charge in [0.15, 0.2) is 0 Å². The normalized spacial score (nSPS) is 21.7. The summed E-state index contributed by atoms with van der Waals surface area (Å²) in [6.45, 7) is 3.25. The third kappa shape index (κ3) is 3.47. The van der Waals surface area contributed by atoms with Gasteiger partial charge in [0.2, 0.25) is 5.91 Å². The SMILES string of the molecule is O=C(CN1CCNCC12CCCCC2)Nc1ccc(F)cc1. The van der Waals surface area contributed by atoms with Crippen molar-refractivity contribution in [3.8, 4) is 0 Å². The lowest BCUT2D eigenvalue weighted by molar-refractivity contribution is -0.120. The molecule has 2 N–H and O–H groups in total. The van der Waals surface area contributed by atoms with Crippen LogP contribution in [0.2, 0.25) is 0 Å². The molecule has 1 aliphatic carbocycles. The second kappa shape index (κ2) is 6.75. The molecule has 1 saturated carbocycles. The Kier molecular flexibility index (Phi) is 4.74. The molecule has 1 aliphatic heterocycles. The van der Waals surface area contributed by atoms with Crippen molar-refractivity contribution in [1.29, 1.82) is 0 Å². The Morgan fingerprint density at radius 2 is 1.95 bits per heavy atom. The molecule has 2 fully saturated rings. The van der Waals surface area contributed by atoms with Gasteiger partial charge in [0, 0.05) is 30.9 Å². The number of nitrogens with one attached hydrogen (secondary N) is 2. The lowest BCUT2D eigenvalue weighted by Gasteiger charge is -2.49. The van der Waals surface area contributed by atoms with E-state index in [-0.39, 0.29) is 17.3 Å². The van der Waals surface area contributed by atoms with Crippen molar-refractivity contribution in [2.45, 2.75) is 37.6 Å². The fourth-order valence-electron chi connectivity index (χ4n) is 3.74. The second-order valence-electron chi connectivity index (χ2n) is 6.44. The Balaban J connectivity index is 1.62. The molecule has 0 bridgehead atoms. The predicted octanol–water partition coefficient (Wildman–Crippen LogP) is 2.37. The molecule has 1 spiro atoms. The summed E-state index contributed by atoms with van der Waals surface area (Å²) in [6, 6.07) is 5.93. The maximum absolute atomic E-state index is 12.9. The van der Waals surface area contributed by atoms with Gasteiger partial charge in [0.25, 0.3) is 0 Å². The molecule has 3 rings (SSSR count). The minimum Gasteiger partial charge on any atom is -0.325 e. The van der Waals surface area contributed by atoms with Gasteiger partial charge in [0.05, 0.1) is 6.54 Å². The smallest absolute Gasteiger partial charge is 0.238 e. The molecular formula is C17H24FN3O. The van der Waals surface area contributed by atoms with Gasteiger partial charge < -0.3 is 10.6 Å². The van der Waals surface area contributed by atoms with E-state index in [1.54, 1.807) is 12.1 Å². The molecule has 1 saturated heterocycles. The molecule has 22 heavy (non-hydrogen) atoms. The average molecular weight is 305 g/mol. The van der Waals surface area contributed by atoms with Gasteiger partial charge in [-0.2, -0.15) is 0 Å². The van der Waals surface area contributed by atoms with Gasteiger partial charge in [-0.1, -0.05) is 19.3 Å². The van der Waals surface area contributed by atoms with Crippen LogP contribution in [0.15, 0.2) is 24.3 Å². The van der Waals surface area contributed by atoms with Crippen molar-refractivity contribution in [1.82, 2.24) is 10.2 Å². The Morgan fingerprint density at radius 3 is 2.68 bits per heavy atom. The molecular weight excluding hydrogens is 281 g/mol. The van der Waals surface area contributed by atoms with Crippen LogP contribution in [0.3, 0.4) is 0 Å². The lowest BCUT2D eigenvalue weighted by Crippen LogP contribution is -2.63. The maximum Gasteiger partial charge on any atom is 0.238 e. The van der Waals surface area contributed by atoms with E-state index in [4.69, 9.17) is 0 Å². The van der Waals surface area contributed by atoms with Crippen molar-refractivity contribution in [3.05, 3.63) is 30.1 Å². The number of carbonyl (C=O) groups excluding carboxylic acids is 1. The Hall–Kier alpha value is -1.46. The van der Waals surface area contributed by atoms with Crippen molar-refractivity contribution in [2.75, 3.05) is 31.5 Å². The Morgan fingerprint density at radius 1 is 1.23 bits per heavy atom. The third-order valence-electron chi connectivity index (χ3n) is 4.93. The first-order chi connectivity index (χ1) is 10.7. The van der Waals surface area contributed by atoms with E-state index in [2.05, 4.69) is 15.5 Å². The zero-order valence-electron chi connectivity index (χ0n) is 12.9. The van der Waals surface area contributed by atoms with E-state index in [1.807, 2.05) is 0 Å². The summed E-state index contributed by atoms with van der Waals surface area (Å²) in [7, 11) is 0. The number of benzene rings is 1. The number of rotatable bonds is 3. The number of nitrogens with zero attached hydrogens (tertiary/aromatic N) is 1. The van der Waals surface area contributed by atoms with Crippen LogP contribution in [0.5, 0.6) is 0 Å². The zero-order chi connectivity index (χ0) is 15.4. The molecule has 1 amide bonds. The highest BCUT2D eigenvalue weighted by atomic mass is 19.1. The van der Waals surface area contributed by atoms with Crippen LogP contribution in [0.4, 0.5) is 10.1 Å². The van der Waals surface area contributed by atoms with Crippen molar-refractivity contribution >= 4 is 11.6 Å². The summed E-state index contributed by atoms with van der Waals surface area (Å²) in [5.41, 5.74) is 0.802. The monoisotopic (exact) mass is 305 g/mol. The van der Waals surface area contributed by atoms with Crippen LogP contribution < -0.4 is 10.6 Å². The van der Waals surface area contributed by atoms with Crippen LogP contribution in [-0.4, -0.2) is 42.5 Å². The van der Waals surface area contributed by atoms with Gasteiger partial charge in [0.1, 0.15) is 5.82 Å². The molecule has 0 radical (unpaired) electrons. The Labute approximate surface area is 131 Å². The number of anilines is 1. The van der Waals surface area contributed by atoms with E-state index in [0.717, 1.165) is 19.6 Å². The largest absolute Gasteiger partial charge is 0.325 e. The number of amides is 1. The Bertz CT molecular complexity index is 503. The van der Waals surface area contributed by atoms with Gasteiger partial charge in [-0.05, 0) is 37.1 Å². The second-order valence-corrected chi connectivity index (χ2v) is 6.44. The molecule has 2 aliphatic rings. The van der Waals surface area contributed by atoms with E-state index in [9.17, 15) is 9.18 Å². The lowest BCUT2D eigenvalue weighted by atomic mass is 9.79. The minimum absolute atomic E-state index is 0.0153. The molecule has 0 aromatic heterocycles. The standard InChI is InChI=1S/C17H24FN3O/c18-14-4-6-15(7-5-14)20-16(22)12-21-11-10-19-13-17(21)8-2-1-3-9-17/h4-7,19H,1-3,8-13H2,(H,20,22). The quantitative estimate of drug-likeness (QED) is 0.901. The summed E-state index contributed by atoms with van der Waals surface area (Å²) in [5, 5.41) is 6.36. The predicted molar refractivity (Wildman–Crippen MR) is 85.3 cm³/mol. The fourth-order valence-corrected chi connectivity index (χ4v) is 3.74. The van der Waals surface area contributed by atoms with E-state index < -0.39 is 0 Å². The van der Waals surface area contributed by atoms with E-state index in [0.29, 0.717) is 12.2 Å². The van der Waals surface area contributed by atoms with Crippen LogP contribution in [0.1, 0.15) is 32.1 Å². The number of piperazine rings is 1. The van der Waals surface area contributed by atoms with Gasteiger partial charge >= 0.3 is 0 Å². The number of halogens is 1. The zero-order valence-corrected chi connectivity index (χ0v) is 12.9. The first-order valence-electron chi connectivity index (χ1n) is 8.19. The van der Waals surface area contributed by atoms with Gasteiger partial charge in [-0.15, -0.1) is 0 Å². The highest BCUT2D eigenvalue weighted by molar-refractivity contribution is 5.92. The average Bonchev–Trinajstić information content (AvgIpc) is 2.53. The number of hydrogen-bond donors (Lipinski definition) is 2. The van der Waals surface area contributed by atoms with E-state index in [1.165, 1.54) is 44.2 Å². The van der Waals surface area contributed by atoms with Crippen LogP contribution in [0, 0.1) is 5.82 Å². The van der Waals surface area contributed by atoms with Crippen molar-refractivity contribution < 1.29 is 9.18 Å². The summed E-state index contributed by atoms with van der Waals surface area (Å²) in [6.07, 6.45) is 6.14. The van der Waals surface area contributed by atoms with Crippen LogP contribution in [-0.2, 0) is 4.79 Å².